The Kier molecular flexibility index (Phi) is 7.78. The molecule has 4 aromatic rings. The molecule has 12 nitrogen and oxygen atoms in total. The highest BCUT2D eigenvalue weighted by Crippen LogP contribution is 2.28. The number of amides is 1. The number of nitrogens with zero attached hydrogens (tertiary/aromatic N) is 8. The van der Waals surface area contributed by atoms with Gasteiger partial charge in [-0.05, 0) is 71.0 Å². The molecule has 0 spiro atoms. The second-order valence-corrected chi connectivity index (χ2v) is 12.4. The van der Waals surface area contributed by atoms with Gasteiger partial charge >= 0.3 is 6.09 Å². The van der Waals surface area contributed by atoms with Crippen LogP contribution >= 0.6 is 0 Å². The molecule has 0 atom stereocenters. The molecule has 2 saturated heterocycles. The highest BCUT2D eigenvalue weighted by Gasteiger charge is 2.38. The van der Waals surface area contributed by atoms with Crippen LogP contribution in [0.25, 0.3) is 11.2 Å². The Morgan fingerprint density at radius 1 is 0.953 bits per heavy atom. The van der Waals surface area contributed by atoms with E-state index in [9.17, 15) is 4.79 Å². The molecule has 0 unspecified atom stereocenters. The molecule has 226 valence electrons. The second-order valence-electron chi connectivity index (χ2n) is 12.4. The number of nitrogens with one attached hydrogen (secondary N) is 2. The first-order valence-corrected chi connectivity index (χ1v) is 14.9. The van der Waals surface area contributed by atoms with Gasteiger partial charge in [-0.1, -0.05) is 0 Å². The van der Waals surface area contributed by atoms with E-state index in [2.05, 4.69) is 73.1 Å². The molecule has 6 rings (SSSR count). The summed E-state index contributed by atoms with van der Waals surface area (Å²) in [6.45, 7) is 15.2. The minimum atomic E-state index is -0.459. The Bertz CT molecular complexity index is 1550. The van der Waals surface area contributed by atoms with E-state index in [4.69, 9.17) is 14.7 Å². The molecular weight excluding hydrogens is 544 g/mol. The molecule has 2 fully saturated rings. The number of likely N-dealkylation sites (tertiary alicyclic amines) is 1. The molecule has 0 bridgehead atoms. The molecule has 2 aliphatic heterocycles. The molecule has 1 aromatic carbocycles. The number of carbonyl (C=O) groups is 1. The van der Waals surface area contributed by atoms with Gasteiger partial charge < -0.3 is 25.2 Å². The first-order chi connectivity index (χ1) is 20.6. The number of benzene rings is 1. The lowest BCUT2D eigenvalue weighted by Gasteiger charge is -2.48. The normalized spacial score (nSPS) is 16.4. The van der Waals surface area contributed by atoms with Crippen LogP contribution in [0, 0.1) is 0 Å². The van der Waals surface area contributed by atoms with E-state index >= 15 is 0 Å². The predicted molar refractivity (Wildman–Crippen MR) is 168 cm³/mol. The fraction of sp³-hybridized carbons (Fsp3) is 0.452. The Morgan fingerprint density at radius 2 is 1.70 bits per heavy atom. The first-order valence-electron chi connectivity index (χ1n) is 14.9. The van der Waals surface area contributed by atoms with Crippen LogP contribution in [0.1, 0.15) is 40.7 Å². The molecule has 0 aliphatic carbocycles. The van der Waals surface area contributed by atoms with E-state index in [0.717, 1.165) is 61.8 Å². The topological polar surface area (TPSA) is 117 Å². The monoisotopic (exact) mass is 584 g/mol. The highest BCUT2D eigenvalue weighted by atomic mass is 16.6. The number of pyridine rings is 1. The van der Waals surface area contributed by atoms with Gasteiger partial charge in [0.1, 0.15) is 11.1 Å². The van der Waals surface area contributed by atoms with Gasteiger partial charge in [-0.15, -0.1) is 0 Å². The summed E-state index contributed by atoms with van der Waals surface area (Å²) in [5.74, 6) is 1.22. The number of piperazine rings is 1. The Morgan fingerprint density at radius 3 is 2.35 bits per heavy atom. The number of rotatable bonds is 7. The maximum atomic E-state index is 12.3. The first kappa shape index (κ1) is 28.7. The average molecular weight is 585 g/mol. The number of ether oxygens (including phenoxy) is 1. The summed E-state index contributed by atoms with van der Waals surface area (Å²) < 4.78 is 7.56. The van der Waals surface area contributed by atoms with Crippen LogP contribution in [0.4, 0.5) is 33.8 Å². The number of fused-ring (bicyclic) bond motifs is 1. The summed E-state index contributed by atoms with van der Waals surface area (Å²) in [4.78, 5) is 37.2. The zero-order valence-corrected chi connectivity index (χ0v) is 25.5. The van der Waals surface area contributed by atoms with Gasteiger partial charge in [-0.25, -0.2) is 14.8 Å². The van der Waals surface area contributed by atoms with Crippen LogP contribution in [-0.4, -0.2) is 91.3 Å². The van der Waals surface area contributed by atoms with Crippen molar-refractivity contribution in [2.24, 2.45) is 0 Å². The SMILES string of the molecule is CC(C)n1c(Nc2cccnc2)nc2cnc(Nc3ccc(N4CCN(C5CN(C(=O)OC(C)(C)C)C5)CC4)cc3)nc21. The Labute approximate surface area is 252 Å². The van der Waals surface area contributed by atoms with E-state index in [1.807, 2.05) is 32.9 Å². The van der Waals surface area contributed by atoms with Crippen molar-refractivity contribution >= 4 is 46.2 Å². The van der Waals surface area contributed by atoms with Crippen molar-refractivity contribution in [1.29, 1.82) is 0 Å². The molecule has 2 N–H and O–H groups in total. The maximum absolute atomic E-state index is 12.3. The van der Waals surface area contributed by atoms with E-state index < -0.39 is 5.60 Å². The smallest absolute Gasteiger partial charge is 0.410 e. The number of imidazole rings is 1. The van der Waals surface area contributed by atoms with E-state index in [-0.39, 0.29) is 12.1 Å². The standard InChI is InChI=1S/C31H40N10O2/c1-21(2)41-27-26(36-29(41)35-23-7-6-12-32-17-23)18-33-28(37-27)34-22-8-10-24(11-9-22)38-13-15-39(16-14-38)25-19-40(20-25)30(42)43-31(3,4)5/h6-12,17-18,21,25H,13-16,19-20H2,1-5H3,(H,35,36)(H,33,34,37). The van der Waals surface area contributed by atoms with Crippen LogP contribution in [0.5, 0.6) is 0 Å². The maximum Gasteiger partial charge on any atom is 0.410 e. The number of carbonyl (C=O) groups excluding carboxylic acids is 1. The molecule has 0 radical (unpaired) electrons. The summed E-state index contributed by atoms with van der Waals surface area (Å²) in [6, 6.07) is 12.8. The van der Waals surface area contributed by atoms with Gasteiger partial charge in [-0.3, -0.25) is 14.5 Å². The Balaban J connectivity index is 1.05. The summed E-state index contributed by atoms with van der Waals surface area (Å²) in [5.41, 5.74) is 3.99. The molecule has 12 heteroatoms. The summed E-state index contributed by atoms with van der Waals surface area (Å²) in [5, 5.41) is 6.70. The molecule has 2 aliphatic rings. The van der Waals surface area contributed by atoms with Crippen LogP contribution in [0.3, 0.4) is 0 Å². The fourth-order valence-corrected chi connectivity index (χ4v) is 5.49. The number of hydrogen-bond donors (Lipinski definition) is 2. The summed E-state index contributed by atoms with van der Waals surface area (Å²) in [6.07, 6.45) is 5.05. The summed E-state index contributed by atoms with van der Waals surface area (Å²) >= 11 is 0. The van der Waals surface area contributed by atoms with Crippen LogP contribution in [0.15, 0.2) is 55.0 Å². The molecular formula is C31H40N10O2. The third kappa shape index (κ3) is 6.48. The number of anilines is 5. The van der Waals surface area contributed by atoms with Crippen molar-refractivity contribution in [2.75, 3.05) is 54.8 Å². The summed E-state index contributed by atoms with van der Waals surface area (Å²) in [7, 11) is 0. The van der Waals surface area contributed by atoms with Crippen LogP contribution in [0.2, 0.25) is 0 Å². The quantitative estimate of drug-likeness (QED) is 0.306. The van der Waals surface area contributed by atoms with E-state index in [0.29, 0.717) is 17.9 Å². The van der Waals surface area contributed by atoms with Crippen molar-refractivity contribution in [2.45, 2.75) is 52.3 Å². The predicted octanol–water partition coefficient (Wildman–Crippen LogP) is 5.03. The lowest BCUT2D eigenvalue weighted by atomic mass is 10.1. The Hall–Kier alpha value is -4.45. The minimum Gasteiger partial charge on any atom is -0.444 e. The third-order valence-corrected chi connectivity index (χ3v) is 7.70. The lowest BCUT2D eigenvalue weighted by molar-refractivity contribution is -0.0162. The van der Waals surface area contributed by atoms with Crippen molar-refractivity contribution in [1.82, 2.24) is 34.3 Å². The van der Waals surface area contributed by atoms with Crippen molar-refractivity contribution in [3.8, 4) is 0 Å². The van der Waals surface area contributed by atoms with Gasteiger partial charge in [0.05, 0.1) is 18.1 Å². The highest BCUT2D eigenvalue weighted by molar-refractivity contribution is 5.77. The molecule has 43 heavy (non-hydrogen) atoms. The van der Waals surface area contributed by atoms with Gasteiger partial charge in [0, 0.05) is 68.9 Å². The number of aromatic nitrogens is 5. The van der Waals surface area contributed by atoms with Crippen molar-refractivity contribution in [3.63, 3.8) is 0 Å². The molecule has 5 heterocycles. The van der Waals surface area contributed by atoms with Gasteiger partial charge in [0.15, 0.2) is 5.65 Å². The minimum absolute atomic E-state index is 0.139. The second kappa shape index (κ2) is 11.7. The van der Waals surface area contributed by atoms with Gasteiger partial charge in [0.25, 0.3) is 0 Å². The largest absolute Gasteiger partial charge is 0.444 e. The van der Waals surface area contributed by atoms with Crippen molar-refractivity contribution < 1.29 is 9.53 Å². The molecule has 1 amide bonds. The molecule has 3 aromatic heterocycles. The fourth-order valence-electron chi connectivity index (χ4n) is 5.49. The lowest BCUT2D eigenvalue weighted by Crippen LogP contribution is -2.64. The average Bonchev–Trinajstić information content (AvgIpc) is 3.30. The zero-order chi connectivity index (χ0) is 30.1. The van der Waals surface area contributed by atoms with Crippen LogP contribution in [-0.2, 0) is 4.74 Å². The van der Waals surface area contributed by atoms with Crippen LogP contribution < -0.4 is 15.5 Å². The number of hydrogen-bond acceptors (Lipinski definition) is 10. The zero-order valence-electron chi connectivity index (χ0n) is 25.5. The van der Waals surface area contributed by atoms with E-state index in [1.165, 1.54) is 5.69 Å². The van der Waals surface area contributed by atoms with Crippen molar-refractivity contribution in [3.05, 3.63) is 55.0 Å². The molecule has 0 saturated carbocycles. The van der Waals surface area contributed by atoms with E-state index in [1.54, 1.807) is 23.5 Å². The van der Waals surface area contributed by atoms with Gasteiger partial charge in [-0.2, -0.15) is 4.98 Å². The van der Waals surface area contributed by atoms with Gasteiger partial charge in [0.2, 0.25) is 11.9 Å². The third-order valence-electron chi connectivity index (χ3n) is 7.70.